The van der Waals surface area contributed by atoms with Gasteiger partial charge in [-0.05, 0) is 107 Å². The van der Waals surface area contributed by atoms with Crippen LogP contribution in [0.5, 0.6) is 0 Å². The lowest BCUT2D eigenvalue weighted by molar-refractivity contribution is -0.0456. The van der Waals surface area contributed by atoms with Crippen molar-refractivity contribution in [2.75, 3.05) is 19.7 Å². The molecule has 2 heterocycles. The van der Waals surface area contributed by atoms with Crippen LogP contribution in [0.1, 0.15) is 104 Å². The van der Waals surface area contributed by atoms with Crippen molar-refractivity contribution >= 4 is 35.0 Å². The summed E-state index contributed by atoms with van der Waals surface area (Å²) in [6.45, 7) is 2.54. The van der Waals surface area contributed by atoms with E-state index in [4.69, 9.17) is 27.9 Å². The van der Waals surface area contributed by atoms with Gasteiger partial charge in [0.25, 0.3) is 11.8 Å². The van der Waals surface area contributed by atoms with Gasteiger partial charge in [0.2, 0.25) is 5.92 Å². The van der Waals surface area contributed by atoms with Gasteiger partial charge in [-0.25, -0.2) is 13.2 Å². The largest absolute Gasteiger partial charge is 0.377 e. The lowest BCUT2D eigenvalue weighted by Gasteiger charge is -2.29. The topological polar surface area (TPSA) is 104 Å². The average Bonchev–Trinajstić information content (AvgIpc) is 3.72. The summed E-state index contributed by atoms with van der Waals surface area (Å²) in [7, 11) is 0. The minimum absolute atomic E-state index is 0.0103. The third-order valence-electron chi connectivity index (χ3n) is 10.1. The molecule has 1 unspecified atom stereocenters. The Morgan fingerprint density at radius 2 is 1.37 bits per heavy atom. The maximum Gasteiger partial charge on any atom is 0.253 e. The number of hydrogen-bond acceptors (Lipinski definition) is 6. The quantitative estimate of drug-likeness (QED) is 0.209. The second-order valence-corrected chi connectivity index (χ2v) is 14.9. The van der Waals surface area contributed by atoms with Crippen LogP contribution < -0.4 is 21.3 Å². The molecule has 0 radical (unpaired) electrons. The number of rotatable bonds is 10. The normalized spacial score (nSPS) is 26.8. The van der Waals surface area contributed by atoms with E-state index >= 15 is 0 Å². The summed E-state index contributed by atoms with van der Waals surface area (Å²) < 4.78 is 45.5. The fourth-order valence-electron chi connectivity index (χ4n) is 7.26. The molecule has 270 valence electrons. The zero-order chi connectivity index (χ0) is 34.8. The third-order valence-corrected chi connectivity index (χ3v) is 10.5. The number of carbonyl (C=O) groups excluding carboxylic acids is 2. The van der Waals surface area contributed by atoms with Crippen LogP contribution in [0.25, 0.3) is 0 Å². The van der Waals surface area contributed by atoms with Gasteiger partial charge >= 0.3 is 0 Å². The monoisotopic (exact) mass is 725 g/mol. The highest BCUT2D eigenvalue weighted by Crippen LogP contribution is 2.36. The molecule has 3 saturated carbocycles. The average molecular weight is 727 g/mol. The van der Waals surface area contributed by atoms with Crippen LogP contribution in [-0.2, 0) is 4.74 Å². The first kappa shape index (κ1) is 37.8. The van der Waals surface area contributed by atoms with E-state index in [2.05, 4.69) is 26.3 Å². The molecule has 4 N–H and O–H groups in total. The van der Waals surface area contributed by atoms with Gasteiger partial charge in [0.1, 0.15) is 5.82 Å². The molecule has 2 amide bonds. The van der Waals surface area contributed by atoms with Gasteiger partial charge in [-0.1, -0.05) is 23.2 Å². The van der Waals surface area contributed by atoms with E-state index in [0.29, 0.717) is 47.5 Å². The Balaban J connectivity index is 0.000000191. The fourth-order valence-corrected chi connectivity index (χ4v) is 7.65. The van der Waals surface area contributed by atoms with Crippen molar-refractivity contribution in [2.45, 2.75) is 120 Å². The van der Waals surface area contributed by atoms with Crippen LogP contribution in [0.15, 0.2) is 36.7 Å². The van der Waals surface area contributed by atoms with E-state index in [9.17, 15) is 22.8 Å². The number of amides is 2. The van der Waals surface area contributed by atoms with E-state index in [0.717, 1.165) is 71.1 Å². The number of halogens is 5. The highest BCUT2D eigenvalue weighted by Gasteiger charge is 2.35. The van der Waals surface area contributed by atoms with Gasteiger partial charge in [0.05, 0.1) is 16.7 Å². The Hall–Kier alpha value is -2.44. The van der Waals surface area contributed by atoms with E-state index in [1.807, 2.05) is 0 Å². The minimum atomic E-state index is -2.46. The van der Waals surface area contributed by atoms with E-state index in [1.54, 1.807) is 6.07 Å². The zero-order valence-corrected chi connectivity index (χ0v) is 29.3. The summed E-state index contributed by atoms with van der Waals surface area (Å²) in [5.41, 5.74) is 0.735. The number of pyridine rings is 1. The molecule has 6 rings (SSSR count). The highest BCUT2D eigenvalue weighted by atomic mass is 35.5. The molecule has 0 spiro atoms. The molecule has 1 saturated heterocycles. The first-order valence-electron chi connectivity index (χ1n) is 17.7. The van der Waals surface area contributed by atoms with E-state index < -0.39 is 11.7 Å². The van der Waals surface area contributed by atoms with Crippen molar-refractivity contribution in [3.05, 3.63) is 63.6 Å². The molecule has 49 heavy (non-hydrogen) atoms. The third kappa shape index (κ3) is 12.4. The fraction of sp³-hybridized carbons (Fsp3) is 0.639. The number of hydrogen-bond donors (Lipinski definition) is 4. The number of alkyl halides is 2. The summed E-state index contributed by atoms with van der Waals surface area (Å²) in [5.74, 6) is -3.04. The van der Waals surface area contributed by atoms with Crippen LogP contribution in [0.2, 0.25) is 10.0 Å². The summed E-state index contributed by atoms with van der Waals surface area (Å²) in [5, 5.41) is 13.7. The Bertz CT molecular complexity index is 1370. The van der Waals surface area contributed by atoms with Crippen molar-refractivity contribution < 1.29 is 27.5 Å². The smallest absolute Gasteiger partial charge is 0.253 e. The van der Waals surface area contributed by atoms with Crippen molar-refractivity contribution in [3.63, 3.8) is 0 Å². The lowest BCUT2D eigenvalue weighted by atomic mass is 9.86. The summed E-state index contributed by atoms with van der Waals surface area (Å²) in [6, 6.07) is 6.48. The minimum Gasteiger partial charge on any atom is -0.377 e. The Kier molecular flexibility index (Phi) is 14.0. The molecule has 2 aromatic rings. The predicted octanol–water partition coefficient (Wildman–Crippen LogP) is 7.09. The Morgan fingerprint density at radius 1 is 0.755 bits per heavy atom. The number of nitrogens with one attached hydrogen (secondary N) is 4. The molecule has 1 aliphatic heterocycles. The number of aromatic nitrogens is 1. The molecule has 5 atom stereocenters. The van der Waals surface area contributed by atoms with Crippen LogP contribution in [0.3, 0.4) is 0 Å². The molecular weight excluding hydrogens is 678 g/mol. The van der Waals surface area contributed by atoms with Crippen molar-refractivity contribution in [1.82, 2.24) is 26.3 Å². The van der Waals surface area contributed by atoms with Gasteiger partial charge in [0.15, 0.2) is 0 Å². The second kappa shape index (κ2) is 18.2. The zero-order valence-electron chi connectivity index (χ0n) is 27.8. The SMILES string of the molecule is O=C(N[C@H]1CC[C@H](NCC2CCC(F)(F)CC2)C1)c1cncc(Cl)c1.O=C(N[C@H]1CC[C@H](NCC2CCCCO2)C1)c1cc(F)cc(Cl)c1. The maximum atomic E-state index is 13.4. The number of benzene rings is 1. The highest BCUT2D eigenvalue weighted by molar-refractivity contribution is 6.31. The summed E-state index contributed by atoms with van der Waals surface area (Å²) in [6.07, 6.45) is 13.7. The van der Waals surface area contributed by atoms with Gasteiger partial charge in [-0.3, -0.25) is 14.6 Å². The van der Waals surface area contributed by atoms with Crippen LogP contribution in [-0.4, -0.2) is 72.7 Å². The summed E-state index contributed by atoms with van der Waals surface area (Å²) >= 11 is 11.7. The van der Waals surface area contributed by atoms with Gasteiger partial charge in [-0.2, -0.15) is 0 Å². The number of ether oxygens (including phenoxy) is 1. The van der Waals surface area contributed by atoms with Crippen LogP contribution in [0.4, 0.5) is 13.2 Å². The molecule has 13 heteroatoms. The molecule has 3 aliphatic carbocycles. The standard InChI is InChI=1S/C18H24ClF2N3O.C18H24ClFN2O2/c19-14-7-13(10-22-11-14)17(25)24-16-2-1-15(8-16)23-9-12-3-5-18(20,21)6-4-12;19-13-7-12(8-14(20)9-13)18(23)22-16-5-4-15(10-16)21-11-17-3-1-2-6-24-17/h7,10-12,15-16,23H,1-6,8-9H2,(H,24,25);7-9,15-17,21H,1-6,10-11H2,(H,22,23)/t15-,16-;15-,16-,17?/m00/s1. The van der Waals surface area contributed by atoms with Crippen molar-refractivity contribution in [3.8, 4) is 0 Å². The van der Waals surface area contributed by atoms with E-state index in [-0.39, 0.29) is 47.3 Å². The maximum absolute atomic E-state index is 13.4. The molecular formula is C36H48Cl2F3N5O3. The predicted molar refractivity (Wildman–Crippen MR) is 185 cm³/mol. The molecule has 0 bridgehead atoms. The first-order chi connectivity index (χ1) is 23.5. The van der Waals surface area contributed by atoms with Crippen LogP contribution in [0, 0.1) is 11.7 Å². The van der Waals surface area contributed by atoms with Gasteiger partial charge < -0.3 is 26.0 Å². The molecule has 8 nitrogen and oxygen atoms in total. The second-order valence-electron chi connectivity index (χ2n) is 14.0. The van der Waals surface area contributed by atoms with E-state index in [1.165, 1.54) is 37.0 Å². The molecule has 1 aromatic carbocycles. The van der Waals surface area contributed by atoms with Crippen LogP contribution >= 0.6 is 23.2 Å². The lowest BCUT2D eigenvalue weighted by Crippen LogP contribution is -2.39. The Morgan fingerprint density at radius 3 is 1.98 bits per heavy atom. The summed E-state index contributed by atoms with van der Waals surface area (Å²) in [4.78, 5) is 28.4. The number of nitrogens with zero attached hydrogens (tertiary/aromatic N) is 1. The molecule has 4 aliphatic rings. The Labute approximate surface area is 297 Å². The van der Waals surface area contributed by atoms with Crippen molar-refractivity contribution in [2.24, 2.45) is 5.92 Å². The number of carbonyl (C=O) groups is 2. The van der Waals surface area contributed by atoms with Gasteiger partial charge in [-0.15, -0.1) is 0 Å². The first-order valence-corrected chi connectivity index (χ1v) is 18.4. The van der Waals surface area contributed by atoms with Crippen molar-refractivity contribution in [1.29, 1.82) is 0 Å². The molecule has 4 fully saturated rings. The van der Waals surface area contributed by atoms with Gasteiger partial charge in [0, 0.05) is 73.1 Å². The molecule has 1 aromatic heterocycles.